The van der Waals surface area contributed by atoms with E-state index in [9.17, 15) is 24.4 Å². The summed E-state index contributed by atoms with van der Waals surface area (Å²) < 4.78 is 15.5. The summed E-state index contributed by atoms with van der Waals surface area (Å²) in [6, 6.07) is 5.89. The van der Waals surface area contributed by atoms with Crippen molar-refractivity contribution >= 4 is 35.2 Å². The maximum Gasteiger partial charge on any atom is 0.390 e. The second-order valence-electron chi connectivity index (χ2n) is 9.89. The molecule has 11 nitrogen and oxygen atoms in total. The fraction of sp³-hybridized carbons (Fsp3) is 0.480. The number of aliphatic hydroxyl groups is 1. The molecule has 1 aromatic carbocycles. The number of nitrogens with two attached hydrogens (primary N) is 1. The SMILES string of the molecule is CCn1nc([N+](=O)[O-])cc1C1(O)CC2CC(c3nn(C)c(N)c3C=O)CC2C1.CNc1ccc(F)c(Cl)c1. The Balaban J connectivity index is 0.000000283. The molecule has 2 aliphatic carbocycles. The Morgan fingerprint density at radius 3 is 2.50 bits per heavy atom. The van der Waals surface area contributed by atoms with E-state index in [1.54, 1.807) is 20.2 Å². The van der Waals surface area contributed by atoms with Crippen molar-refractivity contribution in [2.45, 2.75) is 50.7 Å². The van der Waals surface area contributed by atoms with E-state index in [-0.39, 0.29) is 34.4 Å². The summed E-state index contributed by atoms with van der Waals surface area (Å²) in [7, 11) is 3.47. The maximum atomic E-state index is 12.5. The lowest BCUT2D eigenvalue weighted by atomic mass is 9.90. The number of hydrogen-bond donors (Lipinski definition) is 3. The molecule has 0 spiro atoms. The smallest absolute Gasteiger partial charge is 0.388 e. The van der Waals surface area contributed by atoms with Crippen LogP contribution in [-0.4, -0.2) is 42.9 Å². The zero-order valence-electron chi connectivity index (χ0n) is 21.4. The standard InChI is InChI=1S/C18H24N6O4.C7H7ClFN/c1-3-23-14(6-15(20-23)24(27)28)18(26)7-11-4-10(5-12(11)8-18)16-13(9-25)17(19)22(2)21-16;1-10-5-2-3-7(9)6(8)4-5/h6,9-12,26H,3-5,7-8,19H2,1-2H3;2-4,10H,1H3. The first-order chi connectivity index (χ1) is 18.0. The normalized spacial score (nSPS) is 24.0. The predicted octanol–water partition coefficient (Wildman–Crippen LogP) is 4.25. The molecule has 2 unspecified atom stereocenters. The average Bonchev–Trinajstić information content (AvgIpc) is 3.62. The van der Waals surface area contributed by atoms with Crippen LogP contribution in [0.2, 0.25) is 5.02 Å². The first-order valence-corrected chi connectivity index (χ1v) is 12.7. The van der Waals surface area contributed by atoms with Gasteiger partial charge >= 0.3 is 5.82 Å². The minimum Gasteiger partial charge on any atom is -0.388 e. The molecule has 2 heterocycles. The highest BCUT2D eigenvalue weighted by molar-refractivity contribution is 6.31. The second kappa shape index (κ2) is 10.7. The van der Waals surface area contributed by atoms with Crippen LogP contribution >= 0.6 is 11.6 Å². The lowest BCUT2D eigenvalue weighted by Crippen LogP contribution is -2.27. The fourth-order valence-electron chi connectivity index (χ4n) is 5.85. The summed E-state index contributed by atoms with van der Waals surface area (Å²) in [5.41, 5.74) is 7.35. The van der Waals surface area contributed by atoms with Crippen LogP contribution in [0.3, 0.4) is 0 Å². The third-order valence-electron chi connectivity index (χ3n) is 7.64. The van der Waals surface area contributed by atoms with Gasteiger partial charge in [-0.2, -0.15) is 9.78 Å². The molecular formula is C25H31ClFN7O4. The van der Waals surface area contributed by atoms with Crippen LogP contribution in [-0.2, 0) is 19.2 Å². The number of aryl methyl sites for hydroxylation is 2. The summed E-state index contributed by atoms with van der Waals surface area (Å²) in [6.07, 6.45) is 3.44. The van der Waals surface area contributed by atoms with E-state index >= 15 is 0 Å². The molecule has 0 bridgehead atoms. The average molecular weight is 548 g/mol. The van der Waals surface area contributed by atoms with Crippen molar-refractivity contribution in [1.82, 2.24) is 19.6 Å². The number of carbonyl (C=O) groups is 1. The molecule has 38 heavy (non-hydrogen) atoms. The van der Waals surface area contributed by atoms with E-state index in [0.29, 0.717) is 36.5 Å². The van der Waals surface area contributed by atoms with Crippen molar-refractivity contribution in [3.8, 4) is 0 Å². The number of carbonyl (C=O) groups excluding carboxylic acids is 1. The fourth-order valence-corrected chi connectivity index (χ4v) is 6.03. The highest BCUT2D eigenvalue weighted by Crippen LogP contribution is 2.57. The van der Waals surface area contributed by atoms with E-state index in [0.717, 1.165) is 30.5 Å². The molecule has 2 atom stereocenters. The van der Waals surface area contributed by atoms with Crippen LogP contribution in [0.5, 0.6) is 0 Å². The Hall–Kier alpha value is -3.51. The number of halogens is 2. The molecule has 0 amide bonds. The molecule has 0 radical (unpaired) electrons. The van der Waals surface area contributed by atoms with Gasteiger partial charge in [-0.1, -0.05) is 11.6 Å². The van der Waals surface area contributed by atoms with Gasteiger partial charge in [0.2, 0.25) is 0 Å². The van der Waals surface area contributed by atoms with Crippen molar-refractivity contribution in [2.75, 3.05) is 18.1 Å². The molecule has 3 aromatic rings. The van der Waals surface area contributed by atoms with Gasteiger partial charge in [-0.05, 0) is 67.6 Å². The van der Waals surface area contributed by atoms with E-state index in [1.165, 1.54) is 27.6 Å². The highest BCUT2D eigenvalue weighted by atomic mass is 35.5. The van der Waals surface area contributed by atoms with Gasteiger partial charge < -0.3 is 26.3 Å². The number of aldehydes is 1. The van der Waals surface area contributed by atoms with Gasteiger partial charge in [0, 0.05) is 25.7 Å². The Morgan fingerprint density at radius 2 is 1.97 bits per heavy atom. The van der Waals surface area contributed by atoms with Crippen molar-refractivity contribution < 1.29 is 19.2 Å². The molecule has 5 rings (SSSR count). The van der Waals surface area contributed by atoms with E-state index in [4.69, 9.17) is 17.3 Å². The Kier molecular flexibility index (Phi) is 7.75. The summed E-state index contributed by atoms with van der Waals surface area (Å²) in [5, 5.41) is 33.8. The number of fused-ring (bicyclic) bond motifs is 1. The molecule has 204 valence electrons. The summed E-state index contributed by atoms with van der Waals surface area (Å²) in [6.45, 7) is 2.31. The van der Waals surface area contributed by atoms with Crippen LogP contribution in [0.1, 0.15) is 60.3 Å². The number of benzene rings is 1. The van der Waals surface area contributed by atoms with Crippen LogP contribution in [0.15, 0.2) is 24.3 Å². The monoisotopic (exact) mass is 547 g/mol. The van der Waals surface area contributed by atoms with Gasteiger partial charge in [-0.15, -0.1) is 0 Å². The van der Waals surface area contributed by atoms with E-state index in [1.807, 2.05) is 6.92 Å². The Labute approximate surface area is 223 Å². The third kappa shape index (κ3) is 5.10. The predicted molar refractivity (Wildman–Crippen MR) is 141 cm³/mol. The van der Waals surface area contributed by atoms with Gasteiger partial charge in [-0.25, -0.2) is 4.39 Å². The first-order valence-electron chi connectivity index (χ1n) is 12.4. The van der Waals surface area contributed by atoms with Crippen molar-refractivity contribution in [2.24, 2.45) is 18.9 Å². The third-order valence-corrected chi connectivity index (χ3v) is 7.93. The number of anilines is 2. The topological polar surface area (TPSA) is 154 Å². The quantitative estimate of drug-likeness (QED) is 0.235. The number of nitrogens with zero attached hydrogens (tertiary/aromatic N) is 5. The highest BCUT2D eigenvalue weighted by Gasteiger charge is 2.52. The minimum absolute atomic E-state index is 0.133. The molecule has 13 heteroatoms. The molecular weight excluding hydrogens is 517 g/mol. The Morgan fingerprint density at radius 1 is 1.32 bits per heavy atom. The van der Waals surface area contributed by atoms with Crippen LogP contribution in [0, 0.1) is 27.8 Å². The minimum atomic E-state index is -1.12. The zero-order chi connectivity index (χ0) is 27.8. The van der Waals surface area contributed by atoms with Crippen LogP contribution in [0.4, 0.5) is 21.7 Å². The lowest BCUT2D eigenvalue weighted by Gasteiger charge is -2.24. The van der Waals surface area contributed by atoms with Crippen molar-refractivity contribution in [1.29, 1.82) is 0 Å². The number of hydrogen-bond acceptors (Lipinski definition) is 8. The molecule has 2 saturated carbocycles. The first kappa shape index (κ1) is 27.5. The number of aromatic nitrogens is 4. The molecule has 2 aromatic heterocycles. The molecule has 4 N–H and O–H groups in total. The lowest BCUT2D eigenvalue weighted by molar-refractivity contribution is -0.389. The van der Waals surface area contributed by atoms with Gasteiger partial charge in [0.1, 0.15) is 17.2 Å². The number of nitro groups is 1. The summed E-state index contributed by atoms with van der Waals surface area (Å²) in [5.74, 6) is 0.404. The molecule has 0 aliphatic heterocycles. The van der Waals surface area contributed by atoms with Crippen LogP contribution in [0.25, 0.3) is 0 Å². The number of rotatable bonds is 6. The zero-order valence-corrected chi connectivity index (χ0v) is 22.2. The van der Waals surface area contributed by atoms with E-state index < -0.39 is 10.5 Å². The summed E-state index contributed by atoms with van der Waals surface area (Å²) in [4.78, 5) is 22.0. The number of nitrogens with one attached hydrogen (secondary N) is 1. The molecule has 2 aliphatic rings. The number of nitrogen functional groups attached to an aromatic ring is 1. The summed E-state index contributed by atoms with van der Waals surface area (Å²) >= 11 is 5.48. The maximum absolute atomic E-state index is 12.5. The van der Waals surface area contributed by atoms with Crippen LogP contribution < -0.4 is 11.1 Å². The van der Waals surface area contributed by atoms with Crippen molar-refractivity contribution in [3.63, 3.8) is 0 Å². The second-order valence-corrected chi connectivity index (χ2v) is 10.3. The Bertz CT molecular complexity index is 1340. The molecule has 2 fully saturated rings. The molecule has 0 saturated heterocycles. The van der Waals surface area contributed by atoms with Gasteiger partial charge in [-0.3, -0.25) is 9.48 Å². The van der Waals surface area contributed by atoms with Gasteiger partial charge in [0.05, 0.1) is 39.7 Å². The van der Waals surface area contributed by atoms with Crippen molar-refractivity contribution in [3.05, 3.63) is 62.2 Å². The van der Waals surface area contributed by atoms with Gasteiger partial charge in [0.15, 0.2) is 6.29 Å². The largest absolute Gasteiger partial charge is 0.390 e. The van der Waals surface area contributed by atoms with E-state index in [2.05, 4.69) is 15.5 Å². The van der Waals surface area contributed by atoms with Gasteiger partial charge in [0.25, 0.3) is 0 Å².